The number of benzene rings is 1. The minimum Gasteiger partial charge on any atom is -0.314 e. The first-order valence-electron chi connectivity index (χ1n) is 7.30. The molecule has 2 aromatic rings. The standard InChI is InChI=1S/C15H18N4O2/c1-2-16-14(10-3-4-10)8-15-12-7-11(19(20)21)5-6-13(12)17-9-18-15/h5-7,9-10,14,16H,2-4,8H2,1H3. The third kappa shape index (κ3) is 3.00. The second-order valence-corrected chi connectivity index (χ2v) is 5.48. The van der Waals surface area contributed by atoms with Crippen LogP contribution in [0.15, 0.2) is 24.5 Å². The summed E-state index contributed by atoms with van der Waals surface area (Å²) in [5.74, 6) is 0.702. The van der Waals surface area contributed by atoms with Crippen LogP contribution in [-0.4, -0.2) is 27.5 Å². The van der Waals surface area contributed by atoms with Crippen molar-refractivity contribution in [3.63, 3.8) is 0 Å². The van der Waals surface area contributed by atoms with Crippen molar-refractivity contribution in [2.75, 3.05) is 6.54 Å². The van der Waals surface area contributed by atoms with Gasteiger partial charge in [0.15, 0.2) is 0 Å². The highest BCUT2D eigenvalue weighted by atomic mass is 16.6. The van der Waals surface area contributed by atoms with Gasteiger partial charge in [-0.15, -0.1) is 0 Å². The molecule has 1 aliphatic rings. The molecule has 3 rings (SSSR count). The van der Waals surface area contributed by atoms with Gasteiger partial charge in [-0.2, -0.15) is 0 Å². The number of rotatable bonds is 6. The lowest BCUT2D eigenvalue weighted by Crippen LogP contribution is -2.33. The van der Waals surface area contributed by atoms with Gasteiger partial charge < -0.3 is 5.32 Å². The molecule has 21 heavy (non-hydrogen) atoms. The Morgan fingerprint density at radius 3 is 2.90 bits per heavy atom. The summed E-state index contributed by atoms with van der Waals surface area (Å²) in [7, 11) is 0. The molecule has 1 atom stereocenters. The summed E-state index contributed by atoms with van der Waals surface area (Å²) in [6.45, 7) is 3.02. The van der Waals surface area contributed by atoms with E-state index in [0.29, 0.717) is 12.0 Å². The zero-order valence-corrected chi connectivity index (χ0v) is 12.0. The highest BCUT2D eigenvalue weighted by molar-refractivity contribution is 5.83. The van der Waals surface area contributed by atoms with E-state index in [2.05, 4.69) is 22.2 Å². The van der Waals surface area contributed by atoms with Crippen molar-refractivity contribution in [2.24, 2.45) is 5.92 Å². The molecule has 1 unspecified atom stereocenters. The molecule has 6 heteroatoms. The normalized spacial score (nSPS) is 16.0. The van der Waals surface area contributed by atoms with E-state index in [1.165, 1.54) is 18.9 Å². The van der Waals surface area contributed by atoms with Crippen LogP contribution in [0.3, 0.4) is 0 Å². The van der Waals surface area contributed by atoms with Crippen LogP contribution >= 0.6 is 0 Å². The van der Waals surface area contributed by atoms with Gasteiger partial charge in [0.25, 0.3) is 5.69 Å². The van der Waals surface area contributed by atoms with Crippen LogP contribution in [0.4, 0.5) is 5.69 Å². The van der Waals surface area contributed by atoms with Gasteiger partial charge in [0.1, 0.15) is 6.33 Å². The minimum absolute atomic E-state index is 0.0879. The SMILES string of the molecule is CCNC(Cc1ncnc2ccc([N+](=O)[O-])cc12)C1CC1. The lowest BCUT2D eigenvalue weighted by atomic mass is 10.0. The van der Waals surface area contributed by atoms with Crippen LogP contribution in [0.2, 0.25) is 0 Å². The molecule has 1 aromatic heterocycles. The fourth-order valence-electron chi connectivity index (χ4n) is 2.75. The quantitative estimate of drug-likeness (QED) is 0.651. The molecule has 1 N–H and O–H groups in total. The number of nitrogens with one attached hydrogen (secondary N) is 1. The van der Waals surface area contributed by atoms with Crippen LogP contribution < -0.4 is 5.32 Å². The van der Waals surface area contributed by atoms with Crippen LogP contribution in [0.25, 0.3) is 10.9 Å². The molecule has 0 spiro atoms. The number of aromatic nitrogens is 2. The molecule has 0 amide bonds. The van der Waals surface area contributed by atoms with E-state index in [-0.39, 0.29) is 10.6 Å². The molecule has 6 nitrogen and oxygen atoms in total. The highest BCUT2D eigenvalue weighted by Crippen LogP contribution is 2.34. The molecule has 1 aromatic carbocycles. The second-order valence-electron chi connectivity index (χ2n) is 5.48. The molecule has 1 saturated carbocycles. The van der Waals surface area contributed by atoms with Gasteiger partial charge in [-0.25, -0.2) is 9.97 Å². The van der Waals surface area contributed by atoms with Crippen molar-refractivity contribution < 1.29 is 4.92 Å². The largest absolute Gasteiger partial charge is 0.314 e. The minimum atomic E-state index is -0.376. The Morgan fingerprint density at radius 1 is 1.43 bits per heavy atom. The van der Waals surface area contributed by atoms with E-state index in [0.717, 1.165) is 29.6 Å². The van der Waals surface area contributed by atoms with Gasteiger partial charge in [0, 0.05) is 30.0 Å². The number of likely N-dealkylation sites (N-methyl/N-ethyl adjacent to an activating group) is 1. The predicted octanol–water partition coefficient (Wildman–Crippen LogP) is 2.47. The van der Waals surface area contributed by atoms with Crippen molar-refractivity contribution in [3.05, 3.63) is 40.3 Å². The molecule has 110 valence electrons. The van der Waals surface area contributed by atoms with E-state index in [1.54, 1.807) is 18.5 Å². The predicted molar refractivity (Wildman–Crippen MR) is 80.1 cm³/mol. The first-order valence-corrected chi connectivity index (χ1v) is 7.30. The van der Waals surface area contributed by atoms with Crippen molar-refractivity contribution in [3.8, 4) is 0 Å². The van der Waals surface area contributed by atoms with Crippen molar-refractivity contribution >= 4 is 16.6 Å². The topological polar surface area (TPSA) is 81.0 Å². The number of nitrogens with zero attached hydrogens (tertiary/aromatic N) is 3. The van der Waals surface area contributed by atoms with Gasteiger partial charge in [0.2, 0.25) is 0 Å². The highest BCUT2D eigenvalue weighted by Gasteiger charge is 2.31. The van der Waals surface area contributed by atoms with E-state index >= 15 is 0 Å². The maximum Gasteiger partial charge on any atom is 0.270 e. The van der Waals surface area contributed by atoms with Crippen LogP contribution in [0.5, 0.6) is 0 Å². The molecule has 0 bridgehead atoms. The summed E-state index contributed by atoms with van der Waals surface area (Å²) in [5, 5.41) is 15.2. The van der Waals surface area contributed by atoms with Gasteiger partial charge in [-0.1, -0.05) is 6.92 Å². The summed E-state index contributed by atoms with van der Waals surface area (Å²) < 4.78 is 0. The van der Waals surface area contributed by atoms with Gasteiger partial charge in [0.05, 0.1) is 16.1 Å². The summed E-state index contributed by atoms with van der Waals surface area (Å²) in [6.07, 6.45) is 4.83. The third-order valence-electron chi connectivity index (χ3n) is 3.98. The van der Waals surface area contributed by atoms with Crippen molar-refractivity contribution in [1.82, 2.24) is 15.3 Å². The number of hydrogen-bond donors (Lipinski definition) is 1. The number of non-ortho nitro benzene ring substituents is 1. The van der Waals surface area contributed by atoms with Gasteiger partial charge in [-0.05, 0) is 31.4 Å². The summed E-state index contributed by atoms with van der Waals surface area (Å²) >= 11 is 0. The summed E-state index contributed by atoms with van der Waals surface area (Å²) in [6, 6.07) is 5.16. The number of nitro benzene ring substituents is 1. The Balaban J connectivity index is 1.96. The van der Waals surface area contributed by atoms with Crippen molar-refractivity contribution in [1.29, 1.82) is 0 Å². The molecule has 1 fully saturated rings. The smallest absolute Gasteiger partial charge is 0.270 e. The van der Waals surface area contributed by atoms with E-state index in [4.69, 9.17) is 0 Å². The monoisotopic (exact) mass is 286 g/mol. The molecule has 0 aliphatic heterocycles. The molecular weight excluding hydrogens is 268 g/mol. The average Bonchev–Trinajstić information content (AvgIpc) is 3.31. The van der Waals surface area contributed by atoms with Gasteiger partial charge in [-0.3, -0.25) is 10.1 Å². The zero-order valence-electron chi connectivity index (χ0n) is 12.0. The first kappa shape index (κ1) is 13.9. The lowest BCUT2D eigenvalue weighted by molar-refractivity contribution is -0.384. The van der Waals surface area contributed by atoms with Crippen molar-refractivity contribution in [2.45, 2.75) is 32.2 Å². The molecular formula is C15H18N4O2. The Morgan fingerprint density at radius 2 is 2.24 bits per heavy atom. The third-order valence-corrected chi connectivity index (χ3v) is 3.98. The lowest BCUT2D eigenvalue weighted by Gasteiger charge is -2.17. The fourth-order valence-corrected chi connectivity index (χ4v) is 2.75. The second kappa shape index (κ2) is 5.73. The Labute approximate surface area is 122 Å². The zero-order chi connectivity index (χ0) is 14.8. The maximum absolute atomic E-state index is 11.0. The van der Waals surface area contributed by atoms with Gasteiger partial charge >= 0.3 is 0 Å². The Kier molecular flexibility index (Phi) is 3.79. The fraction of sp³-hybridized carbons (Fsp3) is 0.467. The number of hydrogen-bond acceptors (Lipinski definition) is 5. The Hall–Kier alpha value is -2.08. The molecule has 0 radical (unpaired) electrons. The molecule has 0 saturated heterocycles. The number of nitro groups is 1. The molecule has 1 aliphatic carbocycles. The summed E-state index contributed by atoms with van der Waals surface area (Å²) in [4.78, 5) is 19.1. The van der Waals surface area contributed by atoms with Crippen LogP contribution in [-0.2, 0) is 6.42 Å². The van der Waals surface area contributed by atoms with E-state index < -0.39 is 0 Å². The maximum atomic E-state index is 11.0. The number of fused-ring (bicyclic) bond motifs is 1. The molecule has 1 heterocycles. The Bertz CT molecular complexity index is 670. The van der Waals surface area contributed by atoms with Crippen LogP contribution in [0.1, 0.15) is 25.5 Å². The average molecular weight is 286 g/mol. The van der Waals surface area contributed by atoms with E-state index in [9.17, 15) is 10.1 Å². The van der Waals surface area contributed by atoms with E-state index in [1.807, 2.05) is 0 Å². The first-order chi connectivity index (χ1) is 10.2. The summed E-state index contributed by atoms with van der Waals surface area (Å²) in [5.41, 5.74) is 1.74. The van der Waals surface area contributed by atoms with Crippen LogP contribution in [0, 0.1) is 16.0 Å².